The minimum absolute atomic E-state index is 0.0463. The third-order valence-corrected chi connectivity index (χ3v) is 8.64. The Morgan fingerprint density at radius 3 is 2.73 bits per heavy atom. The van der Waals surface area contributed by atoms with Gasteiger partial charge in [0.15, 0.2) is 6.17 Å². The summed E-state index contributed by atoms with van der Waals surface area (Å²) >= 11 is 6.04. The summed E-state index contributed by atoms with van der Waals surface area (Å²) in [6.07, 6.45) is 4.24. The van der Waals surface area contributed by atoms with Gasteiger partial charge in [-0.25, -0.2) is 18.8 Å². The fourth-order valence-electron chi connectivity index (χ4n) is 5.94. The minimum atomic E-state index is -1.84. The molecule has 0 saturated carbocycles. The molecule has 1 fully saturated rings. The lowest BCUT2D eigenvalue weighted by molar-refractivity contribution is -0.254. The maximum atomic E-state index is 16.5. The number of alkyl halides is 1. The smallest absolute Gasteiger partial charge is 0.281 e. The molecule has 5 atom stereocenters. The summed E-state index contributed by atoms with van der Waals surface area (Å²) in [5.41, 5.74) is -3.12. The van der Waals surface area contributed by atoms with Gasteiger partial charge in [0.2, 0.25) is 5.66 Å². The number of nitrogens with one attached hydrogen (secondary N) is 1. The zero-order valence-electron chi connectivity index (χ0n) is 23.7. The van der Waals surface area contributed by atoms with Gasteiger partial charge < -0.3 is 19.7 Å². The molecule has 0 aliphatic carbocycles. The first-order valence-corrected chi connectivity index (χ1v) is 14.4. The number of aromatic nitrogens is 2. The number of benzene rings is 2. The number of carbonyl (C=O) groups is 1. The standard InChI is InChI=1S/C31H29ClF2N6O4/c1-39-14-13-36-26(39)10-9-25(41)31(17-30(18-35)37-11-2-12-38-30)22-8-7-21(19-3-5-20(32)6-4-19)28(34)27(22)29(42)40(31)44-16-24-23(33)15-43-24/h2-8,11-14,23-25,37,41H,9-10,15-17H2,1H3/t23?,24?,25?,30?,31-/m1/s1. The van der Waals surface area contributed by atoms with E-state index in [1.165, 1.54) is 18.5 Å². The molecule has 3 aliphatic heterocycles. The van der Waals surface area contributed by atoms with Crippen molar-refractivity contribution in [1.82, 2.24) is 19.9 Å². The third kappa shape index (κ3) is 5.05. The number of halogens is 3. The van der Waals surface area contributed by atoms with Gasteiger partial charge >= 0.3 is 0 Å². The lowest BCUT2D eigenvalue weighted by atomic mass is 9.75. The number of hydrogen-bond donors (Lipinski definition) is 2. The highest BCUT2D eigenvalue weighted by atomic mass is 35.5. The molecule has 10 nitrogen and oxygen atoms in total. The highest BCUT2D eigenvalue weighted by molar-refractivity contribution is 6.30. The first-order valence-electron chi connectivity index (χ1n) is 14.0. The molecule has 6 rings (SSSR count). The molecule has 44 heavy (non-hydrogen) atoms. The van der Waals surface area contributed by atoms with Crippen LogP contribution in [0.15, 0.2) is 66.1 Å². The molecular weight excluding hydrogens is 594 g/mol. The zero-order valence-corrected chi connectivity index (χ0v) is 24.4. The average molecular weight is 623 g/mol. The molecule has 0 radical (unpaired) electrons. The van der Waals surface area contributed by atoms with E-state index in [4.69, 9.17) is 21.2 Å². The predicted molar refractivity (Wildman–Crippen MR) is 157 cm³/mol. The Kier molecular flexibility index (Phi) is 7.98. The SMILES string of the molecule is Cn1ccnc1CCC(O)[C@@]1(CC2(C#N)N=CC=CN2)c2ccc(-c3ccc(Cl)cc3)c(F)c2C(=O)N1OCC1OCC1F. The van der Waals surface area contributed by atoms with Crippen LogP contribution in [0.2, 0.25) is 5.02 Å². The summed E-state index contributed by atoms with van der Waals surface area (Å²) in [5.74, 6) is -1.06. The minimum Gasteiger partial charge on any atom is -0.390 e. The molecule has 13 heteroatoms. The van der Waals surface area contributed by atoms with Crippen LogP contribution in [-0.4, -0.2) is 69.1 Å². The number of carbonyl (C=O) groups excluding carboxylic acids is 1. The molecule has 1 aromatic heterocycles. The lowest BCUT2D eigenvalue weighted by Gasteiger charge is -2.45. The van der Waals surface area contributed by atoms with Crippen molar-refractivity contribution in [3.05, 3.63) is 88.9 Å². The van der Waals surface area contributed by atoms with Crippen LogP contribution < -0.4 is 5.32 Å². The van der Waals surface area contributed by atoms with E-state index in [0.717, 1.165) is 5.06 Å². The maximum absolute atomic E-state index is 16.5. The molecule has 1 amide bonds. The van der Waals surface area contributed by atoms with Crippen molar-refractivity contribution in [1.29, 1.82) is 5.26 Å². The normalized spacial score (nSPS) is 26.2. The van der Waals surface area contributed by atoms with Crippen LogP contribution in [0.3, 0.4) is 0 Å². The Labute approximate surface area is 257 Å². The van der Waals surface area contributed by atoms with Crippen LogP contribution >= 0.6 is 11.6 Å². The molecule has 3 aromatic rings. The molecule has 0 bridgehead atoms. The van der Waals surface area contributed by atoms with Crippen molar-refractivity contribution in [3.63, 3.8) is 0 Å². The molecule has 4 heterocycles. The number of aliphatic imine (C=N–C) groups is 1. The molecule has 3 aliphatic rings. The second-order valence-corrected chi connectivity index (χ2v) is 11.4. The molecule has 1 saturated heterocycles. The van der Waals surface area contributed by atoms with Gasteiger partial charge in [-0.2, -0.15) is 5.26 Å². The van der Waals surface area contributed by atoms with E-state index in [1.807, 2.05) is 7.05 Å². The summed E-state index contributed by atoms with van der Waals surface area (Å²) in [4.78, 5) is 28.9. The number of ether oxygens (including phenoxy) is 1. The van der Waals surface area contributed by atoms with Gasteiger partial charge in [-0.1, -0.05) is 35.9 Å². The summed E-state index contributed by atoms with van der Waals surface area (Å²) in [5, 5.41) is 26.7. The Hall–Kier alpha value is -4.15. The first kappa shape index (κ1) is 29.9. The largest absolute Gasteiger partial charge is 0.390 e. The van der Waals surface area contributed by atoms with Crippen molar-refractivity contribution in [2.24, 2.45) is 12.0 Å². The molecular formula is C31H29ClF2N6O4. The molecule has 4 unspecified atom stereocenters. The van der Waals surface area contributed by atoms with E-state index in [0.29, 0.717) is 16.4 Å². The third-order valence-electron chi connectivity index (χ3n) is 8.39. The van der Waals surface area contributed by atoms with Gasteiger partial charge in [-0.05, 0) is 35.8 Å². The van der Waals surface area contributed by atoms with Gasteiger partial charge in [-0.15, -0.1) is 0 Å². The second-order valence-electron chi connectivity index (χ2n) is 11.0. The van der Waals surface area contributed by atoms with Crippen molar-refractivity contribution in [3.8, 4) is 17.2 Å². The van der Waals surface area contributed by atoms with Gasteiger partial charge in [0.1, 0.15) is 36.0 Å². The summed E-state index contributed by atoms with van der Waals surface area (Å²) in [6.45, 7) is -0.488. The average Bonchev–Trinajstić information content (AvgIpc) is 3.54. The number of nitriles is 1. The number of fused-ring (bicyclic) bond motifs is 1. The van der Waals surface area contributed by atoms with Crippen molar-refractivity contribution in [2.75, 3.05) is 13.2 Å². The number of imidazole rings is 1. The number of hydroxylamine groups is 2. The summed E-state index contributed by atoms with van der Waals surface area (Å²) < 4.78 is 37.8. The molecule has 228 valence electrons. The predicted octanol–water partition coefficient (Wildman–Crippen LogP) is 3.99. The number of aliphatic hydroxyl groups is 1. The number of nitrogens with zero attached hydrogens (tertiary/aromatic N) is 5. The number of amides is 1. The number of aliphatic hydroxyl groups excluding tert-OH is 1. The quantitative estimate of drug-likeness (QED) is 0.350. The van der Waals surface area contributed by atoms with Crippen LogP contribution in [0.4, 0.5) is 8.78 Å². The molecule has 0 spiro atoms. The number of allylic oxidation sites excluding steroid dienone is 1. The Balaban J connectivity index is 1.50. The highest BCUT2D eigenvalue weighted by Gasteiger charge is 2.60. The number of aryl methyl sites for hydroxylation is 2. The summed E-state index contributed by atoms with van der Waals surface area (Å²) in [6, 6.07) is 11.7. The van der Waals surface area contributed by atoms with Crippen LogP contribution in [0.25, 0.3) is 11.1 Å². The van der Waals surface area contributed by atoms with Crippen molar-refractivity contribution in [2.45, 2.75) is 48.8 Å². The van der Waals surface area contributed by atoms with Gasteiger partial charge in [0.25, 0.3) is 5.91 Å². The molecule has 2 aromatic carbocycles. The van der Waals surface area contributed by atoms with E-state index < -0.39 is 41.3 Å². The second kappa shape index (κ2) is 11.7. The van der Waals surface area contributed by atoms with Crippen molar-refractivity contribution >= 4 is 23.7 Å². The Bertz CT molecular complexity index is 1670. The number of hydrogen-bond acceptors (Lipinski definition) is 8. The Morgan fingerprint density at radius 2 is 2.11 bits per heavy atom. The Morgan fingerprint density at radius 1 is 1.32 bits per heavy atom. The van der Waals surface area contributed by atoms with Crippen molar-refractivity contribution < 1.29 is 28.3 Å². The number of rotatable bonds is 10. The van der Waals surface area contributed by atoms with Crippen LogP contribution in [0.5, 0.6) is 0 Å². The van der Waals surface area contributed by atoms with Crippen LogP contribution in [0.1, 0.15) is 34.6 Å². The monoisotopic (exact) mass is 622 g/mol. The van der Waals surface area contributed by atoms with Crippen LogP contribution in [0, 0.1) is 17.1 Å². The highest BCUT2D eigenvalue weighted by Crippen LogP contribution is 2.50. The van der Waals surface area contributed by atoms with E-state index in [2.05, 4.69) is 21.4 Å². The fourth-order valence-corrected chi connectivity index (χ4v) is 6.06. The molecule has 2 N–H and O–H groups in total. The van der Waals surface area contributed by atoms with E-state index in [1.54, 1.807) is 53.4 Å². The van der Waals surface area contributed by atoms with Gasteiger partial charge in [0.05, 0.1) is 18.3 Å². The maximum Gasteiger partial charge on any atom is 0.281 e. The first-order chi connectivity index (χ1) is 21.2. The van der Waals surface area contributed by atoms with Crippen LogP contribution in [-0.2, 0) is 28.6 Å². The van der Waals surface area contributed by atoms with E-state index >= 15 is 4.39 Å². The lowest BCUT2D eigenvalue weighted by Crippen LogP contribution is -2.59. The van der Waals surface area contributed by atoms with E-state index in [9.17, 15) is 19.6 Å². The van der Waals surface area contributed by atoms with Gasteiger partial charge in [-0.3, -0.25) is 14.6 Å². The van der Waals surface area contributed by atoms with E-state index in [-0.39, 0.29) is 49.2 Å². The fraction of sp³-hybridized carbons (Fsp3) is 0.355. The summed E-state index contributed by atoms with van der Waals surface area (Å²) in [7, 11) is 1.81. The topological polar surface area (TPSA) is 125 Å². The zero-order chi connectivity index (χ0) is 31.1. The van der Waals surface area contributed by atoms with Gasteiger partial charge in [0, 0.05) is 55.3 Å².